The molecule has 1 saturated heterocycles. The molecule has 0 N–H and O–H groups in total. The van der Waals surface area contributed by atoms with Crippen molar-refractivity contribution in [2.45, 2.75) is 26.3 Å². The molecule has 0 unspecified atom stereocenters. The van der Waals surface area contributed by atoms with E-state index in [1.54, 1.807) is 11.0 Å². The topological polar surface area (TPSA) is 66.9 Å². The molecule has 160 valence electrons. The highest BCUT2D eigenvalue weighted by molar-refractivity contribution is 8.18. The van der Waals surface area contributed by atoms with E-state index in [1.807, 2.05) is 49.4 Å². The third-order valence-electron chi connectivity index (χ3n) is 5.30. The number of hydrogen-bond acceptors (Lipinski definition) is 5. The SMILES string of the molecule is CCCOc1ccc(/C=C2\SC(=O)N(CC(=O)N3CCc4ccccc4C3)C2=O)cc1. The van der Waals surface area contributed by atoms with Crippen molar-refractivity contribution >= 4 is 34.9 Å². The van der Waals surface area contributed by atoms with Crippen LogP contribution in [0.1, 0.15) is 30.0 Å². The van der Waals surface area contributed by atoms with E-state index < -0.39 is 11.1 Å². The van der Waals surface area contributed by atoms with Crippen LogP contribution in [0.5, 0.6) is 5.75 Å². The smallest absolute Gasteiger partial charge is 0.294 e. The lowest BCUT2D eigenvalue weighted by molar-refractivity contribution is -0.136. The van der Waals surface area contributed by atoms with Crippen LogP contribution in [0.25, 0.3) is 6.08 Å². The van der Waals surface area contributed by atoms with Crippen molar-refractivity contribution in [3.8, 4) is 5.75 Å². The quantitative estimate of drug-likeness (QED) is 0.638. The fourth-order valence-electron chi connectivity index (χ4n) is 3.61. The van der Waals surface area contributed by atoms with E-state index in [9.17, 15) is 14.4 Å². The first kappa shape index (κ1) is 21.2. The van der Waals surface area contributed by atoms with E-state index in [-0.39, 0.29) is 12.5 Å². The first-order valence-corrected chi connectivity index (χ1v) is 11.2. The predicted molar refractivity (Wildman–Crippen MR) is 120 cm³/mol. The van der Waals surface area contributed by atoms with E-state index in [0.717, 1.165) is 46.4 Å². The second-order valence-corrected chi connectivity index (χ2v) is 8.51. The molecule has 7 heteroatoms. The Kier molecular flexibility index (Phi) is 6.42. The van der Waals surface area contributed by atoms with Crippen LogP contribution in [0, 0.1) is 0 Å². The maximum absolute atomic E-state index is 12.8. The average molecular weight is 437 g/mol. The number of ether oxygens (including phenoxy) is 1. The molecule has 4 rings (SSSR count). The number of hydrogen-bond donors (Lipinski definition) is 0. The molecular formula is C24H24N2O4S. The second kappa shape index (κ2) is 9.39. The molecule has 0 radical (unpaired) electrons. The summed E-state index contributed by atoms with van der Waals surface area (Å²) >= 11 is 0.868. The minimum absolute atomic E-state index is 0.213. The van der Waals surface area contributed by atoms with E-state index in [2.05, 4.69) is 6.07 Å². The van der Waals surface area contributed by atoms with Gasteiger partial charge in [-0.05, 0) is 59.5 Å². The number of imide groups is 1. The number of nitrogens with zero attached hydrogens (tertiary/aromatic N) is 2. The number of carbonyl (C=O) groups excluding carboxylic acids is 3. The molecular weight excluding hydrogens is 412 g/mol. The van der Waals surface area contributed by atoms with Crippen molar-refractivity contribution in [3.05, 3.63) is 70.1 Å². The number of benzene rings is 2. The van der Waals surface area contributed by atoms with Crippen LogP contribution in [0.3, 0.4) is 0 Å². The lowest BCUT2D eigenvalue weighted by Crippen LogP contribution is -2.44. The molecule has 2 aliphatic rings. The fraction of sp³-hybridized carbons (Fsp3) is 0.292. The maximum Gasteiger partial charge on any atom is 0.294 e. The van der Waals surface area contributed by atoms with E-state index in [1.165, 1.54) is 5.56 Å². The summed E-state index contributed by atoms with van der Waals surface area (Å²) in [4.78, 5) is 41.0. The van der Waals surface area contributed by atoms with E-state index in [0.29, 0.717) is 24.6 Å². The molecule has 2 aromatic rings. The molecule has 3 amide bonds. The zero-order chi connectivity index (χ0) is 21.8. The van der Waals surface area contributed by atoms with Gasteiger partial charge in [-0.25, -0.2) is 0 Å². The van der Waals surface area contributed by atoms with Gasteiger partial charge in [-0.1, -0.05) is 43.3 Å². The summed E-state index contributed by atoms with van der Waals surface area (Å²) in [7, 11) is 0. The summed E-state index contributed by atoms with van der Waals surface area (Å²) in [6.45, 7) is 3.56. The van der Waals surface area contributed by atoms with Gasteiger partial charge in [0.05, 0.1) is 11.5 Å². The lowest BCUT2D eigenvalue weighted by atomic mass is 10.00. The standard InChI is InChI=1S/C24H24N2O4S/c1-2-13-30-20-9-7-17(8-10-20)14-21-23(28)26(24(29)31-21)16-22(27)25-12-11-18-5-3-4-6-19(18)15-25/h3-10,14H,2,11-13,15-16H2,1H3/b21-14-. The Morgan fingerprint density at radius 3 is 2.58 bits per heavy atom. The summed E-state index contributed by atoms with van der Waals surface area (Å²) < 4.78 is 5.56. The molecule has 0 atom stereocenters. The zero-order valence-corrected chi connectivity index (χ0v) is 18.2. The molecule has 0 spiro atoms. The Labute approximate surface area is 185 Å². The summed E-state index contributed by atoms with van der Waals surface area (Å²) in [6, 6.07) is 15.4. The molecule has 6 nitrogen and oxygen atoms in total. The summed E-state index contributed by atoms with van der Waals surface area (Å²) in [5, 5.41) is -0.412. The summed E-state index contributed by atoms with van der Waals surface area (Å²) in [5.41, 5.74) is 3.16. The highest BCUT2D eigenvalue weighted by Gasteiger charge is 2.37. The molecule has 0 saturated carbocycles. The van der Waals surface area contributed by atoms with Gasteiger partial charge in [0, 0.05) is 13.1 Å². The number of carbonyl (C=O) groups is 3. The van der Waals surface area contributed by atoms with Crippen molar-refractivity contribution in [3.63, 3.8) is 0 Å². The maximum atomic E-state index is 12.8. The van der Waals surface area contributed by atoms with Gasteiger partial charge in [-0.3, -0.25) is 19.3 Å². The Morgan fingerprint density at radius 1 is 1.10 bits per heavy atom. The highest BCUT2D eigenvalue weighted by Crippen LogP contribution is 2.32. The molecule has 2 heterocycles. The number of fused-ring (bicyclic) bond motifs is 1. The average Bonchev–Trinajstić information content (AvgIpc) is 3.05. The van der Waals surface area contributed by atoms with Crippen molar-refractivity contribution in [1.29, 1.82) is 0 Å². The third kappa shape index (κ3) is 4.82. The Balaban J connectivity index is 1.40. The molecule has 0 bridgehead atoms. The van der Waals surface area contributed by atoms with Gasteiger partial charge in [0.2, 0.25) is 5.91 Å². The highest BCUT2D eigenvalue weighted by atomic mass is 32.2. The zero-order valence-electron chi connectivity index (χ0n) is 17.4. The molecule has 2 aromatic carbocycles. The Hall–Kier alpha value is -3.06. The van der Waals surface area contributed by atoms with Gasteiger partial charge in [-0.15, -0.1) is 0 Å². The number of amides is 3. The van der Waals surface area contributed by atoms with Crippen LogP contribution in [0.4, 0.5) is 4.79 Å². The molecule has 31 heavy (non-hydrogen) atoms. The molecule has 0 aliphatic carbocycles. The van der Waals surface area contributed by atoms with Crippen LogP contribution >= 0.6 is 11.8 Å². The Bertz CT molecular complexity index is 1030. The van der Waals surface area contributed by atoms with Crippen LogP contribution in [0.2, 0.25) is 0 Å². The first-order valence-electron chi connectivity index (χ1n) is 10.4. The van der Waals surface area contributed by atoms with Crippen molar-refractivity contribution in [2.24, 2.45) is 0 Å². The number of thioether (sulfide) groups is 1. The summed E-state index contributed by atoms with van der Waals surface area (Å²) in [5.74, 6) is 0.128. The van der Waals surface area contributed by atoms with Crippen molar-refractivity contribution in [1.82, 2.24) is 9.80 Å². The van der Waals surface area contributed by atoms with Crippen LogP contribution < -0.4 is 4.74 Å². The second-order valence-electron chi connectivity index (χ2n) is 7.52. The minimum atomic E-state index is -0.424. The third-order valence-corrected chi connectivity index (χ3v) is 6.21. The van der Waals surface area contributed by atoms with E-state index >= 15 is 0 Å². The lowest BCUT2D eigenvalue weighted by Gasteiger charge is -2.29. The normalized spacial score (nSPS) is 17.3. The monoisotopic (exact) mass is 436 g/mol. The van der Waals surface area contributed by atoms with Gasteiger partial charge in [-0.2, -0.15) is 0 Å². The minimum Gasteiger partial charge on any atom is -0.494 e. The first-order chi connectivity index (χ1) is 15.0. The number of rotatable bonds is 6. The van der Waals surface area contributed by atoms with Crippen LogP contribution in [-0.4, -0.2) is 46.5 Å². The van der Waals surface area contributed by atoms with Gasteiger partial charge >= 0.3 is 0 Å². The molecule has 2 aliphatic heterocycles. The van der Waals surface area contributed by atoms with Crippen LogP contribution in [-0.2, 0) is 22.6 Å². The molecule has 1 fully saturated rings. The largest absolute Gasteiger partial charge is 0.494 e. The van der Waals surface area contributed by atoms with E-state index in [4.69, 9.17) is 4.74 Å². The molecule has 0 aromatic heterocycles. The van der Waals surface area contributed by atoms with Gasteiger partial charge in [0.1, 0.15) is 12.3 Å². The van der Waals surface area contributed by atoms with Crippen molar-refractivity contribution in [2.75, 3.05) is 19.7 Å². The van der Waals surface area contributed by atoms with Crippen LogP contribution in [0.15, 0.2) is 53.4 Å². The Morgan fingerprint density at radius 2 is 1.84 bits per heavy atom. The van der Waals surface area contributed by atoms with Gasteiger partial charge in [0.25, 0.3) is 11.1 Å². The summed E-state index contributed by atoms with van der Waals surface area (Å²) in [6.07, 6.45) is 3.38. The van der Waals surface area contributed by atoms with Crippen molar-refractivity contribution < 1.29 is 19.1 Å². The fourth-order valence-corrected chi connectivity index (χ4v) is 4.45. The van der Waals surface area contributed by atoms with Gasteiger partial charge < -0.3 is 9.64 Å². The predicted octanol–water partition coefficient (Wildman–Crippen LogP) is 4.10. The van der Waals surface area contributed by atoms with Gasteiger partial charge in [0.15, 0.2) is 0 Å².